The summed E-state index contributed by atoms with van der Waals surface area (Å²) in [6.07, 6.45) is 1.03. The number of aryl methyl sites for hydroxylation is 1. The SMILES string of the molecule is Cc1ccccc1OCC(=O)N1CC[C@@]23OC[C@@H](C(C)C)N2C(=O)C[C@@H]13. The first-order valence-corrected chi connectivity index (χ1v) is 9.38. The number of likely N-dealkylation sites (tertiary alicyclic amines) is 1. The molecule has 0 N–H and O–H groups in total. The lowest BCUT2D eigenvalue weighted by Crippen LogP contribution is -2.51. The van der Waals surface area contributed by atoms with Crippen LogP contribution in [0.2, 0.25) is 0 Å². The second kappa shape index (κ2) is 6.27. The minimum atomic E-state index is -0.621. The molecule has 0 radical (unpaired) electrons. The van der Waals surface area contributed by atoms with Gasteiger partial charge in [0.25, 0.3) is 5.91 Å². The van der Waals surface area contributed by atoms with E-state index in [4.69, 9.17) is 9.47 Å². The van der Waals surface area contributed by atoms with Crippen molar-refractivity contribution in [1.82, 2.24) is 9.80 Å². The third kappa shape index (κ3) is 2.50. The van der Waals surface area contributed by atoms with Crippen molar-refractivity contribution in [1.29, 1.82) is 0 Å². The van der Waals surface area contributed by atoms with Gasteiger partial charge in [-0.05, 0) is 24.5 Å². The number of carbonyl (C=O) groups excluding carboxylic acids is 2. The molecular formula is C20H26N2O4. The van der Waals surface area contributed by atoms with E-state index in [1.807, 2.05) is 36.1 Å². The normalized spacial score (nSPS) is 30.1. The first-order chi connectivity index (χ1) is 12.4. The van der Waals surface area contributed by atoms with Crippen molar-refractivity contribution < 1.29 is 19.1 Å². The van der Waals surface area contributed by atoms with Crippen molar-refractivity contribution in [3.05, 3.63) is 29.8 Å². The zero-order chi connectivity index (χ0) is 18.5. The Hall–Kier alpha value is -2.08. The zero-order valence-corrected chi connectivity index (χ0v) is 15.6. The fourth-order valence-corrected chi connectivity index (χ4v) is 4.61. The molecule has 0 aromatic heterocycles. The minimum Gasteiger partial charge on any atom is -0.484 e. The summed E-state index contributed by atoms with van der Waals surface area (Å²) in [7, 11) is 0. The summed E-state index contributed by atoms with van der Waals surface area (Å²) in [5.41, 5.74) is 0.379. The van der Waals surface area contributed by atoms with Gasteiger partial charge in [-0.1, -0.05) is 32.0 Å². The predicted molar refractivity (Wildman–Crippen MR) is 95.6 cm³/mol. The van der Waals surface area contributed by atoms with Gasteiger partial charge in [-0.3, -0.25) is 9.59 Å². The van der Waals surface area contributed by atoms with Crippen molar-refractivity contribution in [2.45, 2.75) is 51.4 Å². The third-order valence-electron chi connectivity index (χ3n) is 6.02. The maximum Gasteiger partial charge on any atom is 0.260 e. The molecule has 4 rings (SSSR count). The molecule has 1 aromatic rings. The van der Waals surface area contributed by atoms with Crippen LogP contribution in [0.25, 0.3) is 0 Å². The average molecular weight is 358 g/mol. The van der Waals surface area contributed by atoms with Gasteiger partial charge >= 0.3 is 0 Å². The number of hydrogen-bond acceptors (Lipinski definition) is 4. The van der Waals surface area contributed by atoms with Crippen molar-refractivity contribution in [3.63, 3.8) is 0 Å². The Labute approximate surface area is 154 Å². The van der Waals surface area contributed by atoms with Gasteiger partial charge in [-0.2, -0.15) is 0 Å². The maximum atomic E-state index is 12.8. The molecule has 0 aliphatic carbocycles. The van der Waals surface area contributed by atoms with Crippen LogP contribution in [0.15, 0.2) is 24.3 Å². The first kappa shape index (κ1) is 17.3. The van der Waals surface area contributed by atoms with Crippen LogP contribution in [0, 0.1) is 12.8 Å². The molecule has 1 aromatic carbocycles. The predicted octanol–water partition coefficient (Wildman–Crippen LogP) is 1.96. The summed E-state index contributed by atoms with van der Waals surface area (Å²) in [5.74, 6) is 1.08. The number of carbonyl (C=O) groups is 2. The Kier molecular flexibility index (Phi) is 4.18. The summed E-state index contributed by atoms with van der Waals surface area (Å²) in [4.78, 5) is 29.2. The van der Waals surface area contributed by atoms with Crippen LogP contribution in [0.3, 0.4) is 0 Å². The minimum absolute atomic E-state index is 0.0146. The Balaban J connectivity index is 1.48. The highest BCUT2D eigenvalue weighted by atomic mass is 16.5. The molecule has 0 unspecified atom stereocenters. The molecule has 26 heavy (non-hydrogen) atoms. The van der Waals surface area contributed by atoms with Gasteiger partial charge in [0, 0.05) is 13.0 Å². The number of nitrogens with zero attached hydrogens (tertiary/aromatic N) is 2. The highest BCUT2D eigenvalue weighted by Gasteiger charge is 2.65. The molecule has 0 saturated carbocycles. The molecule has 6 heteroatoms. The topological polar surface area (TPSA) is 59.1 Å². The van der Waals surface area contributed by atoms with E-state index in [-0.39, 0.29) is 30.5 Å². The molecule has 3 saturated heterocycles. The largest absolute Gasteiger partial charge is 0.484 e. The fourth-order valence-electron chi connectivity index (χ4n) is 4.61. The van der Waals surface area contributed by atoms with E-state index in [1.165, 1.54) is 0 Å². The molecule has 3 fully saturated rings. The van der Waals surface area contributed by atoms with Crippen LogP contribution in [0.5, 0.6) is 5.75 Å². The first-order valence-electron chi connectivity index (χ1n) is 9.38. The summed E-state index contributed by atoms with van der Waals surface area (Å²) < 4.78 is 11.9. The van der Waals surface area contributed by atoms with E-state index in [1.54, 1.807) is 4.90 Å². The quantitative estimate of drug-likeness (QED) is 0.826. The maximum absolute atomic E-state index is 12.8. The highest BCUT2D eigenvalue weighted by molar-refractivity contribution is 5.85. The van der Waals surface area contributed by atoms with Crippen LogP contribution >= 0.6 is 0 Å². The van der Waals surface area contributed by atoms with Gasteiger partial charge < -0.3 is 19.3 Å². The number of ether oxygens (including phenoxy) is 2. The third-order valence-corrected chi connectivity index (χ3v) is 6.02. The Morgan fingerprint density at radius 3 is 2.88 bits per heavy atom. The van der Waals surface area contributed by atoms with Crippen LogP contribution in [0.1, 0.15) is 32.3 Å². The van der Waals surface area contributed by atoms with Crippen LogP contribution in [-0.2, 0) is 14.3 Å². The number of benzene rings is 1. The second-order valence-electron chi connectivity index (χ2n) is 7.84. The molecule has 140 valence electrons. The Bertz CT molecular complexity index is 734. The van der Waals surface area contributed by atoms with Crippen molar-refractivity contribution in [2.24, 2.45) is 5.92 Å². The van der Waals surface area contributed by atoms with Crippen molar-refractivity contribution in [2.75, 3.05) is 19.8 Å². The number of para-hydroxylation sites is 1. The van der Waals surface area contributed by atoms with Crippen molar-refractivity contribution in [3.8, 4) is 5.75 Å². The van der Waals surface area contributed by atoms with E-state index in [2.05, 4.69) is 13.8 Å². The summed E-state index contributed by atoms with van der Waals surface area (Å²) in [6, 6.07) is 7.55. The lowest BCUT2D eigenvalue weighted by Gasteiger charge is -2.34. The van der Waals surface area contributed by atoms with E-state index in [9.17, 15) is 9.59 Å². The number of amides is 2. The molecular weight excluding hydrogens is 332 g/mol. The molecule has 1 spiro atoms. The van der Waals surface area contributed by atoms with E-state index in [0.29, 0.717) is 31.9 Å². The van der Waals surface area contributed by atoms with E-state index >= 15 is 0 Å². The molecule has 6 nitrogen and oxygen atoms in total. The van der Waals surface area contributed by atoms with Crippen molar-refractivity contribution >= 4 is 11.8 Å². The lowest BCUT2D eigenvalue weighted by molar-refractivity contribution is -0.142. The van der Waals surface area contributed by atoms with E-state index in [0.717, 1.165) is 11.3 Å². The molecule has 3 atom stereocenters. The van der Waals surface area contributed by atoms with Crippen LogP contribution in [-0.4, -0.2) is 59.2 Å². The summed E-state index contributed by atoms with van der Waals surface area (Å²) in [5, 5.41) is 0. The average Bonchev–Trinajstić information content (AvgIpc) is 3.23. The van der Waals surface area contributed by atoms with Gasteiger partial charge in [-0.25, -0.2) is 0 Å². The monoisotopic (exact) mass is 358 g/mol. The molecule has 3 aliphatic rings. The summed E-state index contributed by atoms with van der Waals surface area (Å²) in [6.45, 7) is 7.33. The van der Waals surface area contributed by atoms with E-state index < -0.39 is 5.72 Å². The second-order valence-corrected chi connectivity index (χ2v) is 7.84. The molecule has 0 bridgehead atoms. The highest BCUT2D eigenvalue weighted by Crippen LogP contribution is 2.48. The fraction of sp³-hybridized carbons (Fsp3) is 0.600. The van der Waals surface area contributed by atoms with Crippen LogP contribution < -0.4 is 4.74 Å². The van der Waals surface area contributed by atoms with Gasteiger partial charge in [0.15, 0.2) is 12.3 Å². The molecule has 2 amide bonds. The molecule has 3 heterocycles. The summed E-state index contributed by atoms with van der Waals surface area (Å²) >= 11 is 0. The number of rotatable bonds is 4. The standard InChI is InChI=1S/C20H26N2O4/c1-13(2)15-11-26-20-8-9-21(17(20)10-18(23)22(15)20)19(24)12-25-16-7-5-4-6-14(16)3/h4-7,13,15,17H,8-12H2,1-3H3/t15-,17+,20-/m0/s1. The smallest absolute Gasteiger partial charge is 0.260 e. The van der Waals surface area contributed by atoms with Gasteiger partial charge in [0.1, 0.15) is 5.75 Å². The van der Waals surface area contributed by atoms with Gasteiger partial charge in [0.05, 0.1) is 25.1 Å². The van der Waals surface area contributed by atoms with Crippen LogP contribution in [0.4, 0.5) is 0 Å². The Morgan fingerprint density at radius 2 is 2.15 bits per heavy atom. The van der Waals surface area contributed by atoms with Gasteiger partial charge in [-0.15, -0.1) is 0 Å². The number of hydrogen-bond donors (Lipinski definition) is 0. The zero-order valence-electron chi connectivity index (χ0n) is 15.6. The molecule has 3 aliphatic heterocycles. The Morgan fingerprint density at radius 1 is 1.38 bits per heavy atom. The lowest BCUT2D eigenvalue weighted by atomic mass is 10.0. The van der Waals surface area contributed by atoms with Gasteiger partial charge in [0.2, 0.25) is 5.91 Å².